The number of amides is 1. The Morgan fingerprint density at radius 3 is 2.83 bits per heavy atom. The molecule has 1 aliphatic heterocycles. The number of hydrogen-bond acceptors (Lipinski definition) is 4. The molecule has 7 heteroatoms. The highest BCUT2D eigenvalue weighted by atomic mass is 35.5. The van der Waals surface area contributed by atoms with Gasteiger partial charge in [0.1, 0.15) is 0 Å². The van der Waals surface area contributed by atoms with Gasteiger partial charge in [-0.2, -0.15) is 0 Å². The monoisotopic (exact) mass is 343 g/mol. The van der Waals surface area contributed by atoms with Crippen LogP contribution in [0.1, 0.15) is 68.9 Å². The van der Waals surface area contributed by atoms with Gasteiger partial charge in [0.05, 0.1) is 12.2 Å². The van der Waals surface area contributed by atoms with Crippen LogP contribution < -0.4 is 10.6 Å². The second-order valence-corrected chi connectivity index (χ2v) is 6.19. The molecule has 1 atom stereocenters. The molecule has 0 aliphatic carbocycles. The van der Waals surface area contributed by atoms with Crippen molar-refractivity contribution in [1.29, 1.82) is 0 Å². The summed E-state index contributed by atoms with van der Waals surface area (Å²) in [6.45, 7) is 7.11. The van der Waals surface area contributed by atoms with Gasteiger partial charge in [-0.25, -0.2) is 4.68 Å². The molecule has 1 saturated heterocycles. The fraction of sp³-hybridized carbons (Fsp3) is 0.812. The molecule has 0 aromatic carbocycles. The van der Waals surface area contributed by atoms with Crippen LogP contribution in [0.15, 0.2) is 6.20 Å². The molecule has 1 aromatic rings. The molecule has 1 aromatic heterocycles. The van der Waals surface area contributed by atoms with Gasteiger partial charge < -0.3 is 10.6 Å². The van der Waals surface area contributed by atoms with Crippen molar-refractivity contribution in [2.24, 2.45) is 5.92 Å². The molecule has 0 bridgehead atoms. The molecule has 2 N–H and O–H groups in total. The summed E-state index contributed by atoms with van der Waals surface area (Å²) in [5.74, 6) is 0.457. The number of piperidine rings is 1. The third-order valence-electron chi connectivity index (χ3n) is 4.52. The van der Waals surface area contributed by atoms with E-state index in [9.17, 15) is 4.79 Å². The topological polar surface area (TPSA) is 71.8 Å². The van der Waals surface area contributed by atoms with E-state index < -0.39 is 0 Å². The smallest absolute Gasteiger partial charge is 0.273 e. The lowest BCUT2D eigenvalue weighted by Gasteiger charge is -2.22. The van der Waals surface area contributed by atoms with Gasteiger partial charge in [0.25, 0.3) is 5.91 Å². The van der Waals surface area contributed by atoms with Crippen molar-refractivity contribution in [2.75, 3.05) is 19.6 Å². The third-order valence-corrected chi connectivity index (χ3v) is 4.52. The molecule has 23 heavy (non-hydrogen) atoms. The molecular weight excluding hydrogens is 314 g/mol. The van der Waals surface area contributed by atoms with Crippen molar-refractivity contribution in [3.8, 4) is 0 Å². The number of unbranched alkanes of at least 4 members (excludes halogenated alkanes) is 1. The molecule has 1 amide bonds. The Balaban J connectivity index is 0.00000264. The Hall–Kier alpha value is -1.14. The van der Waals surface area contributed by atoms with E-state index >= 15 is 0 Å². The summed E-state index contributed by atoms with van der Waals surface area (Å²) in [4.78, 5) is 12.2. The van der Waals surface area contributed by atoms with E-state index in [0.29, 0.717) is 17.7 Å². The van der Waals surface area contributed by atoms with E-state index in [1.807, 2.05) is 4.68 Å². The molecule has 1 unspecified atom stereocenters. The first kappa shape index (κ1) is 19.9. The van der Waals surface area contributed by atoms with Crippen LogP contribution in [0.3, 0.4) is 0 Å². The van der Waals surface area contributed by atoms with Crippen molar-refractivity contribution in [2.45, 2.75) is 58.4 Å². The van der Waals surface area contributed by atoms with Crippen LogP contribution in [-0.4, -0.2) is 40.5 Å². The molecular formula is C16H30ClN5O. The first-order valence-corrected chi connectivity index (χ1v) is 8.65. The Bertz CT molecular complexity index is 459. The van der Waals surface area contributed by atoms with Gasteiger partial charge in [-0.15, -0.1) is 17.5 Å². The maximum absolute atomic E-state index is 12.2. The number of hydrogen-bond donors (Lipinski definition) is 2. The fourth-order valence-electron chi connectivity index (χ4n) is 2.90. The fourth-order valence-corrected chi connectivity index (χ4v) is 2.90. The number of carbonyl (C=O) groups excluding carboxylic acids is 1. The Kier molecular flexibility index (Phi) is 9.17. The molecule has 1 aliphatic rings. The predicted molar refractivity (Wildman–Crippen MR) is 94.0 cm³/mol. The van der Waals surface area contributed by atoms with Crippen molar-refractivity contribution >= 4 is 18.3 Å². The minimum Gasteiger partial charge on any atom is -0.350 e. The predicted octanol–water partition coefficient (Wildman–Crippen LogP) is 2.57. The standard InChI is InChI=1S/C16H29N5O.ClH/c1-3-5-6-13(4-2)11-18-16(22)15-12-21(20-19-15)14-7-9-17-10-8-14;/h12-14,17H,3-11H2,1-2H3,(H,18,22);1H. The lowest BCUT2D eigenvalue weighted by Crippen LogP contribution is -2.30. The minimum atomic E-state index is -0.102. The summed E-state index contributed by atoms with van der Waals surface area (Å²) in [6.07, 6.45) is 8.57. The van der Waals surface area contributed by atoms with E-state index in [1.165, 1.54) is 19.3 Å². The molecule has 0 saturated carbocycles. The van der Waals surface area contributed by atoms with Gasteiger partial charge in [0.2, 0.25) is 0 Å². The van der Waals surface area contributed by atoms with Gasteiger partial charge in [-0.1, -0.05) is 38.3 Å². The number of halogens is 1. The highest BCUT2D eigenvalue weighted by Crippen LogP contribution is 2.17. The summed E-state index contributed by atoms with van der Waals surface area (Å²) in [7, 11) is 0. The van der Waals surface area contributed by atoms with Gasteiger partial charge in [-0.3, -0.25) is 4.79 Å². The molecule has 2 rings (SSSR count). The van der Waals surface area contributed by atoms with E-state index in [2.05, 4.69) is 34.8 Å². The maximum atomic E-state index is 12.2. The van der Waals surface area contributed by atoms with Crippen molar-refractivity contribution in [3.63, 3.8) is 0 Å². The Morgan fingerprint density at radius 2 is 2.17 bits per heavy atom. The van der Waals surface area contributed by atoms with Crippen molar-refractivity contribution in [1.82, 2.24) is 25.6 Å². The lowest BCUT2D eigenvalue weighted by atomic mass is 9.99. The third kappa shape index (κ3) is 6.11. The highest BCUT2D eigenvalue weighted by Gasteiger charge is 2.19. The molecule has 6 nitrogen and oxygen atoms in total. The van der Waals surface area contributed by atoms with E-state index in [4.69, 9.17) is 0 Å². The second kappa shape index (κ2) is 10.6. The number of carbonyl (C=O) groups is 1. The zero-order valence-electron chi connectivity index (χ0n) is 14.3. The highest BCUT2D eigenvalue weighted by molar-refractivity contribution is 5.91. The van der Waals surface area contributed by atoms with Gasteiger partial charge in [0.15, 0.2) is 5.69 Å². The first-order valence-electron chi connectivity index (χ1n) is 8.65. The van der Waals surface area contributed by atoms with Gasteiger partial charge >= 0.3 is 0 Å². The zero-order chi connectivity index (χ0) is 15.8. The molecule has 0 radical (unpaired) electrons. The van der Waals surface area contributed by atoms with Crippen LogP contribution in [-0.2, 0) is 0 Å². The number of nitrogens with zero attached hydrogens (tertiary/aromatic N) is 3. The van der Waals surface area contributed by atoms with Crippen molar-refractivity contribution < 1.29 is 4.79 Å². The molecule has 2 heterocycles. The molecule has 132 valence electrons. The van der Waals surface area contributed by atoms with Crippen LogP contribution in [0.25, 0.3) is 0 Å². The normalized spacial score (nSPS) is 16.6. The van der Waals surface area contributed by atoms with Crippen LogP contribution in [0.2, 0.25) is 0 Å². The van der Waals surface area contributed by atoms with Crippen LogP contribution in [0.5, 0.6) is 0 Å². The Labute approximate surface area is 145 Å². The summed E-state index contributed by atoms with van der Waals surface area (Å²) >= 11 is 0. The van der Waals surface area contributed by atoms with E-state index in [0.717, 1.165) is 38.9 Å². The van der Waals surface area contributed by atoms with Crippen molar-refractivity contribution in [3.05, 3.63) is 11.9 Å². The van der Waals surface area contributed by atoms with E-state index in [1.54, 1.807) is 6.20 Å². The molecule has 0 spiro atoms. The van der Waals surface area contributed by atoms with E-state index in [-0.39, 0.29) is 18.3 Å². The number of nitrogens with one attached hydrogen (secondary N) is 2. The summed E-state index contributed by atoms with van der Waals surface area (Å²) in [6, 6.07) is 0.364. The van der Waals surface area contributed by atoms with Crippen LogP contribution in [0, 0.1) is 5.92 Å². The summed E-state index contributed by atoms with van der Waals surface area (Å²) in [5, 5.41) is 14.5. The largest absolute Gasteiger partial charge is 0.350 e. The summed E-state index contributed by atoms with van der Waals surface area (Å²) < 4.78 is 1.85. The Morgan fingerprint density at radius 1 is 1.43 bits per heavy atom. The zero-order valence-corrected chi connectivity index (χ0v) is 15.1. The van der Waals surface area contributed by atoms with Crippen LogP contribution in [0.4, 0.5) is 0 Å². The van der Waals surface area contributed by atoms with Gasteiger partial charge in [0, 0.05) is 6.54 Å². The quantitative estimate of drug-likeness (QED) is 0.761. The minimum absolute atomic E-state index is 0. The number of rotatable bonds is 8. The average Bonchev–Trinajstić information content (AvgIpc) is 3.06. The number of aromatic nitrogens is 3. The first-order chi connectivity index (χ1) is 10.7. The lowest BCUT2D eigenvalue weighted by molar-refractivity contribution is 0.0940. The molecule has 1 fully saturated rings. The van der Waals surface area contributed by atoms with Crippen LogP contribution >= 0.6 is 12.4 Å². The maximum Gasteiger partial charge on any atom is 0.273 e. The van der Waals surface area contributed by atoms with Gasteiger partial charge in [-0.05, 0) is 38.3 Å². The SMILES string of the molecule is CCCCC(CC)CNC(=O)c1cn(C2CCNCC2)nn1.Cl. The average molecular weight is 344 g/mol. The second-order valence-electron chi connectivity index (χ2n) is 6.19. The summed E-state index contributed by atoms with van der Waals surface area (Å²) in [5.41, 5.74) is 0.434.